The number of carbonyl (C=O) groups excluding carboxylic acids is 1. The topological polar surface area (TPSA) is 128 Å². The van der Waals surface area contributed by atoms with Gasteiger partial charge in [0, 0.05) is 52.3 Å². The van der Waals surface area contributed by atoms with Crippen LogP contribution in [-0.4, -0.2) is 40.1 Å². The number of pyridine rings is 1. The highest BCUT2D eigenvalue weighted by Crippen LogP contribution is 2.43. The van der Waals surface area contributed by atoms with Crippen molar-refractivity contribution < 1.29 is 4.79 Å². The molecule has 5 aromatic heterocycles. The summed E-state index contributed by atoms with van der Waals surface area (Å²) in [5.74, 6) is 2.18. The second-order valence-corrected chi connectivity index (χ2v) is 11.7. The first kappa shape index (κ1) is 27.6. The van der Waals surface area contributed by atoms with Gasteiger partial charge in [-0.1, -0.05) is 60.7 Å². The van der Waals surface area contributed by atoms with Crippen LogP contribution in [0.1, 0.15) is 59.0 Å². The standard InChI is InChI=1S/C21H17N5O.C15H14N4/c27-21(16-8-10-22-11-9-16)25-19-12-18(15-4-2-1-3-5-15)24-20-17(14-6-7-14)13-23-26(19)20;16-14-8-13(11-4-2-1-3-5-11)18-15-12(10-6-7-10)9-17-19(14)15/h1-5,8-14H,6-7H2,(H,25,27);1-5,8-10H,6-7,16H2. The van der Waals surface area contributed by atoms with Crippen molar-refractivity contribution in [3.63, 3.8) is 0 Å². The molecule has 1 amide bonds. The molecule has 46 heavy (non-hydrogen) atoms. The Morgan fingerprint density at radius 1 is 0.696 bits per heavy atom. The molecule has 2 aliphatic rings. The lowest BCUT2D eigenvalue weighted by Crippen LogP contribution is -2.15. The summed E-state index contributed by atoms with van der Waals surface area (Å²) in [6.45, 7) is 0. The molecule has 0 saturated heterocycles. The van der Waals surface area contributed by atoms with Crippen LogP contribution in [0.4, 0.5) is 11.6 Å². The highest BCUT2D eigenvalue weighted by Gasteiger charge is 2.29. The molecule has 5 heterocycles. The second-order valence-electron chi connectivity index (χ2n) is 11.7. The molecule has 0 radical (unpaired) electrons. The molecule has 226 valence electrons. The number of carbonyl (C=O) groups is 1. The molecule has 0 unspecified atom stereocenters. The van der Waals surface area contributed by atoms with Gasteiger partial charge in [-0.3, -0.25) is 9.78 Å². The summed E-state index contributed by atoms with van der Waals surface area (Å²) < 4.78 is 3.46. The number of amides is 1. The number of nitrogens with zero attached hydrogens (tertiary/aromatic N) is 7. The summed E-state index contributed by atoms with van der Waals surface area (Å²) in [6, 6.07) is 27.2. The number of fused-ring (bicyclic) bond motifs is 2. The van der Waals surface area contributed by atoms with Crippen LogP contribution in [-0.2, 0) is 0 Å². The molecule has 2 aliphatic carbocycles. The maximum absolute atomic E-state index is 12.7. The predicted molar refractivity (Wildman–Crippen MR) is 177 cm³/mol. The third-order valence-corrected chi connectivity index (χ3v) is 8.38. The number of nitrogens with two attached hydrogens (primary N) is 1. The second kappa shape index (κ2) is 11.6. The quantitative estimate of drug-likeness (QED) is 0.214. The number of nitrogens with one attached hydrogen (secondary N) is 1. The normalized spacial score (nSPS) is 14.2. The zero-order chi connectivity index (χ0) is 31.0. The van der Waals surface area contributed by atoms with E-state index in [0.717, 1.165) is 52.2 Å². The Morgan fingerprint density at radius 3 is 1.78 bits per heavy atom. The Morgan fingerprint density at radius 2 is 1.22 bits per heavy atom. The van der Waals surface area contributed by atoms with E-state index in [4.69, 9.17) is 15.7 Å². The lowest BCUT2D eigenvalue weighted by atomic mass is 10.1. The fourth-order valence-electron chi connectivity index (χ4n) is 5.64. The Balaban J connectivity index is 0.000000144. The maximum Gasteiger partial charge on any atom is 0.256 e. The van der Waals surface area contributed by atoms with Crippen molar-refractivity contribution in [1.29, 1.82) is 0 Å². The average molecular weight is 606 g/mol. The van der Waals surface area contributed by atoms with Gasteiger partial charge in [-0.2, -0.15) is 19.2 Å². The highest BCUT2D eigenvalue weighted by atomic mass is 16.1. The minimum absolute atomic E-state index is 0.201. The Bertz CT molecular complexity index is 2170. The van der Waals surface area contributed by atoms with Crippen LogP contribution >= 0.6 is 0 Å². The zero-order valence-corrected chi connectivity index (χ0v) is 25.0. The molecular formula is C36H31N9O. The van der Waals surface area contributed by atoms with Gasteiger partial charge < -0.3 is 11.1 Å². The van der Waals surface area contributed by atoms with Gasteiger partial charge >= 0.3 is 0 Å². The van der Waals surface area contributed by atoms with Gasteiger partial charge in [0.2, 0.25) is 0 Å². The number of rotatable bonds is 6. The number of hydrogen-bond donors (Lipinski definition) is 2. The van der Waals surface area contributed by atoms with E-state index in [1.165, 1.54) is 18.4 Å². The van der Waals surface area contributed by atoms with Crippen LogP contribution in [0.3, 0.4) is 0 Å². The largest absolute Gasteiger partial charge is 0.384 e. The zero-order valence-electron chi connectivity index (χ0n) is 25.0. The summed E-state index contributed by atoms with van der Waals surface area (Å²) in [5.41, 5.74) is 14.5. The smallest absolute Gasteiger partial charge is 0.256 e. The van der Waals surface area contributed by atoms with Gasteiger partial charge in [-0.15, -0.1) is 0 Å². The monoisotopic (exact) mass is 605 g/mol. The molecule has 0 spiro atoms. The van der Waals surface area contributed by atoms with Crippen molar-refractivity contribution in [2.75, 3.05) is 11.1 Å². The first-order valence-corrected chi connectivity index (χ1v) is 15.5. The van der Waals surface area contributed by atoms with E-state index in [2.05, 4.69) is 20.5 Å². The molecule has 2 saturated carbocycles. The third kappa shape index (κ3) is 5.45. The maximum atomic E-state index is 12.7. The van der Waals surface area contributed by atoms with Gasteiger partial charge in [0.25, 0.3) is 5.91 Å². The molecule has 2 aromatic carbocycles. The van der Waals surface area contributed by atoms with Gasteiger partial charge in [0.15, 0.2) is 11.3 Å². The number of nitrogen functional groups attached to an aromatic ring is 1. The fraction of sp³-hybridized carbons (Fsp3) is 0.167. The van der Waals surface area contributed by atoms with Gasteiger partial charge in [-0.05, 0) is 49.7 Å². The van der Waals surface area contributed by atoms with Crippen LogP contribution < -0.4 is 11.1 Å². The van der Waals surface area contributed by atoms with E-state index in [-0.39, 0.29) is 5.91 Å². The molecule has 0 atom stereocenters. The van der Waals surface area contributed by atoms with Crippen LogP contribution in [0.15, 0.2) is 110 Å². The van der Waals surface area contributed by atoms with E-state index in [9.17, 15) is 4.79 Å². The third-order valence-electron chi connectivity index (χ3n) is 8.38. The summed E-state index contributed by atoms with van der Waals surface area (Å²) in [7, 11) is 0. The first-order chi connectivity index (χ1) is 22.6. The lowest BCUT2D eigenvalue weighted by Gasteiger charge is -2.10. The number of hydrogen-bond acceptors (Lipinski definition) is 7. The van der Waals surface area contributed by atoms with E-state index in [0.29, 0.717) is 29.0 Å². The minimum atomic E-state index is -0.201. The van der Waals surface area contributed by atoms with Crippen LogP contribution in [0.5, 0.6) is 0 Å². The molecule has 2 fully saturated rings. The van der Waals surface area contributed by atoms with Crippen LogP contribution in [0.25, 0.3) is 33.8 Å². The fourth-order valence-corrected chi connectivity index (χ4v) is 5.64. The number of benzene rings is 2. The number of anilines is 2. The van der Waals surface area contributed by atoms with Gasteiger partial charge in [0.1, 0.15) is 11.6 Å². The van der Waals surface area contributed by atoms with Crippen molar-refractivity contribution >= 4 is 28.8 Å². The van der Waals surface area contributed by atoms with E-state index < -0.39 is 0 Å². The van der Waals surface area contributed by atoms with E-state index >= 15 is 0 Å². The Kier molecular flexibility index (Phi) is 6.94. The Labute approximate surface area is 265 Å². The number of aromatic nitrogens is 7. The van der Waals surface area contributed by atoms with Gasteiger partial charge in [-0.25, -0.2) is 9.97 Å². The highest BCUT2D eigenvalue weighted by molar-refractivity contribution is 6.04. The van der Waals surface area contributed by atoms with Crippen molar-refractivity contribution in [1.82, 2.24) is 34.2 Å². The SMILES string of the molecule is Nc1cc(-c2ccccc2)nc2c(C3CC3)cnn12.O=C(Nc1cc(-c2ccccc2)nc2c(C3CC3)cnn12)c1ccncc1. The van der Waals surface area contributed by atoms with E-state index in [1.807, 2.05) is 85.2 Å². The summed E-state index contributed by atoms with van der Waals surface area (Å²) in [6.07, 6.45) is 11.8. The predicted octanol–water partition coefficient (Wildman–Crippen LogP) is 6.78. The van der Waals surface area contributed by atoms with Crippen LogP contribution in [0.2, 0.25) is 0 Å². The van der Waals surface area contributed by atoms with Crippen LogP contribution in [0, 0.1) is 0 Å². The molecule has 10 nitrogen and oxygen atoms in total. The molecule has 0 aliphatic heterocycles. The summed E-state index contributed by atoms with van der Waals surface area (Å²) in [5, 5.41) is 11.8. The first-order valence-electron chi connectivity index (χ1n) is 15.5. The molecule has 7 aromatic rings. The molecule has 10 heteroatoms. The summed E-state index contributed by atoms with van der Waals surface area (Å²) >= 11 is 0. The molecular weight excluding hydrogens is 574 g/mol. The van der Waals surface area contributed by atoms with Crippen molar-refractivity contribution in [3.05, 3.63) is 126 Å². The molecule has 9 rings (SSSR count). The molecule has 0 bridgehead atoms. The van der Waals surface area contributed by atoms with Crippen molar-refractivity contribution in [2.24, 2.45) is 0 Å². The lowest BCUT2D eigenvalue weighted by molar-refractivity contribution is 0.102. The van der Waals surface area contributed by atoms with Gasteiger partial charge in [0.05, 0.1) is 23.8 Å². The molecule has 3 N–H and O–H groups in total. The van der Waals surface area contributed by atoms with Crippen molar-refractivity contribution in [2.45, 2.75) is 37.5 Å². The average Bonchev–Trinajstić information content (AvgIpc) is 4.05. The van der Waals surface area contributed by atoms with Crippen molar-refractivity contribution in [3.8, 4) is 22.5 Å². The Hall–Kier alpha value is -5.90. The minimum Gasteiger partial charge on any atom is -0.384 e. The van der Waals surface area contributed by atoms with E-state index in [1.54, 1.807) is 33.6 Å². The summed E-state index contributed by atoms with van der Waals surface area (Å²) in [4.78, 5) is 26.2.